The third kappa shape index (κ3) is 2.49. The SMILES string of the molecule is NC(=O)[C@@H](N)Cc1ccccc1N1C(=O)c2ccccc2C1=O. The smallest absolute Gasteiger partial charge is 0.266 e. The van der Waals surface area contributed by atoms with Crippen molar-refractivity contribution in [3.05, 3.63) is 65.2 Å². The fourth-order valence-electron chi connectivity index (χ4n) is 2.65. The van der Waals surface area contributed by atoms with E-state index in [1.54, 1.807) is 48.5 Å². The van der Waals surface area contributed by atoms with E-state index >= 15 is 0 Å². The molecule has 1 aliphatic heterocycles. The van der Waals surface area contributed by atoms with Crippen molar-refractivity contribution in [3.63, 3.8) is 0 Å². The molecule has 4 N–H and O–H groups in total. The number of amides is 3. The van der Waals surface area contributed by atoms with Gasteiger partial charge >= 0.3 is 0 Å². The molecule has 0 bridgehead atoms. The lowest BCUT2D eigenvalue weighted by atomic mass is 10.0. The van der Waals surface area contributed by atoms with Crippen molar-refractivity contribution >= 4 is 23.4 Å². The van der Waals surface area contributed by atoms with Gasteiger partial charge in [0.2, 0.25) is 5.91 Å². The lowest BCUT2D eigenvalue weighted by Gasteiger charge is -2.19. The van der Waals surface area contributed by atoms with Crippen molar-refractivity contribution in [1.82, 2.24) is 0 Å². The summed E-state index contributed by atoms with van der Waals surface area (Å²) in [4.78, 5) is 37.4. The highest BCUT2D eigenvalue weighted by molar-refractivity contribution is 6.34. The summed E-state index contributed by atoms with van der Waals surface area (Å²) in [6.45, 7) is 0. The van der Waals surface area contributed by atoms with Gasteiger partial charge in [-0.2, -0.15) is 0 Å². The van der Waals surface area contributed by atoms with E-state index in [1.165, 1.54) is 0 Å². The maximum absolute atomic E-state index is 12.6. The molecule has 2 aromatic carbocycles. The molecule has 116 valence electrons. The minimum absolute atomic E-state index is 0.152. The Morgan fingerprint density at radius 3 is 2.04 bits per heavy atom. The summed E-state index contributed by atoms with van der Waals surface area (Å²) in [7, 11) is 0. The Morgan fingerprint density at radius 2 is 1.48 bits per heavy atom. The highest BCUT2D eigenvalue weighted by Gasteiger charge is 2.37. The fourth-order valence-corrected chi connectivity index (χ4v) is 2.65. The van der Waals surface area contributed by atoms with Crippen molar-refractivity contribution in [2.45, 2.75) is 12.5 Å². The van der Waals surface area contributed by atoms with Gasteiger partial charge in [0.15, 0.2) is 0 Å². The van der Waals surface area contributed by atoms with Crippen molar-refractivity contribution in [3.8, 4) is 0 Å². The Bertz CT molecular complexity index is 781. The summed E-state index contributed by atoms with van der Waals surface area (Å²) in [5, 5.41) is 0. The number of nitrogens with two attached hydrogens (primary N) is 2. The van der Waals surface area contributed by atoms with Gasteiger partial charge in [0.05, 0.1) is 22.9 Å². The molecule has 0 radical (unpaired) electrons. The van der Waals surface area contributed by atoms with E-state index in [1.807, 2.05) is 0 Å². The molecule has 0 aliphatic carbocycles. The maximum Gasteiger partial charge on any atom is 0.266 e. The first-order valence-corrected chi connectivity index (χ1v) is 7.11. The van der Waals surface area contributed by atoms with Crippen molar-refractivity contribution in [2.75, 3.05) is 4.90 Å². The number of carbonyl (C=O) groups is 3. The number of nitrogens with zero attached hydrogens (tertiary/aromatic N) is 1. The second kappa shape index (κ2) is 5.66. The van der Waals surface area contributed by atoms with Crippen LogP contribution < -0.4 is 16.4 Å². The van der Waals surface area contributed by atoms with Crippen molar-refractivity contribution < 1.29 is 14.4 Å². The van der Waals surface area contributed by atoms with Crippen LogP contribution in [0.4, 0.5) is 5.69 Å². The minimum atomic E-state index is -0.883. The molecule has 0 aromatic heterocycles. The fraction of sp³-hybridized carbons (Fsp3) is 0.118. The second-order valence-electron chi connectivity index (χ2n) is 5.33. The van der Waals surface area contributed by atoms with E-state index in [0.29, 0.717) is 22.4 Å². The number of hydrogen-bond acceptors (Lipinski definition) is 4. The van der Waals surface area contributed by atoms with Crippen LogP contribution in [0.3, 0.4) is 0 Å². The number of para-hydroxylation sites is 1. The second-order valence-corrected chi connectivity index (χ2v) is 5.33. The minimum Gasteiger partial charge on any atom is -0.368 e. The predicted molar refractivity (Wildman–Crippen MR) is 84.9 cm³/mol. The molecule has 23 heavy (non-hydrogen) atoms. The van der Waals surface area contributed by atoms with Crippen LogP contribution in [0.1, 0.15) is 26.3 Å². The van der Waals surface area contributed by atoms with Gasteiger partial charge in [-0.1, -0.05) is 30.3 Å². The zero-order chi connectivity index (χ0) is 16.6. The molecule has 2 aromatic rings. The van der Waals surface area contributed by atoms with Crippen molar-refractivity contribution in [2.24, 2.45) is 11.5 Å². The number of hydrogen-bond donors (Lipinski definition) is 2. The number of rotatable bonds is 4. The standard InChI is InChI=1S/C17H15N3O3/c18-13(15(19)21)9-10-5-1-4-8-14(10)20-16(22)11-6-2-3-7-12(11)17(20)23/h1-8,13H,9,18H2,(H2,19,21)/t13-/m0/s1. The van der Waals surface area contributed by atoms with Crippen LogP contribution in [-0.4, -0.2) is 23.8 Å². The number of anilines is 1. The van der Waals surface area contributed by atoms with Gasteiger partial charge < -0.3 is 11.5 Å². The van der Waals surface area contributed by atoms with Gasteiger partial charge in [-0.25, -0.2) is 4.90 Å². The Morgan fingerprint density at radius 1 is 0.957 bits per heavy atom. The number of fused-ring (bicyclic) bond motifs is 1. The summed E-state index contributed by atoms with van der Waals surface area (Å²) >= 11 is 0. The molecule has 6 nitrogen and oxygen atoms in total. The van der Waals surface area contributed by atoms with Gasteiger partial charge in [0.25, 0.3) is 11.8 Å². The van der Waals surface area contributed by atoms with Gasteiger partial charge in [0, 0.05) is 0 Å². The van der Waals surface area contributed by atoms with Crippen LogP contribution in [0.15, 0.2) is 48.5 Å². The van der Waals surface area contributed by atoms with E-state index in [-0.39, 0.29) is 18.2 Å². The van der Waals surface area contributed by atoms with Crippen LogP contribution in [0, 0.1) is 0 Å². The quantitative estimate of drug-likeness (QED) is 0.816. The summed E-state index contributed by atoms with van der Waals surface area (Å²) < 4.78 is 0. The van der Waals surface area contributed by atoms with E-state index in [9.17, 15) is 14.4 Å². The molecule has 6 heteroatoms. The summed E-state index contributed by atoms with van der Waals surface area (Å²) in [6, 6.07) is 12.6. The van der Waals surface area contributed by atoms with Crippen LogP contribution in [0.2, 0.25) is 0 Å². The van der Waals surface area contributed by atoms with Gasteiger partial charge in [0.1, 0.15) is 0 Å². The van der Waals surface area contributed by atoms with Crippen molar-refractivity contribution in [1.29, 1.82) is 0 Å². The lowest BCUT2D eigenvalue weighted by molar-refractivity contribution is -0.119. The molecular weight excluding hydrogens is 294 g/mol. The molecule has 1 atom stereocenters. The summed E-state index contributed by atoms with van der Waals surface area (Å²) in [6.07, 6.45) is 0.152. The van der Waals surface area contributed by atoms with Crippen LogP contribution >= 0.6 is 0 Å². The first-order valence-electron chi connectivity index (χ1n) is 7.11. The highest BCUT2D eigenvalue weighted by Crippen LogP contribution is 2.31. The number of primary amides is 1. The summed E-state index contributed by atoms with van der Waals surface area (Å²) in [5.41, 5.74) is 12.7. The Kier molecular flexibility index (Phi) is 3.67. The molecule has 0 saturated heterocycles. The zero-order valence-corrected chi connectivity index (χ0v) is 12.2. The summed E-state index contributed by atoms with van der Waals surface area (Å²) in [5.74, 6) is -1.40. The van der Waals surface area contributed by atoms with E-state index in [0.717, 1.165) is 4.90 Å². The average Bonchev–Trinajstić information content (AvgIpc) is 2.80. The van der Waals surface area contributed by atoms with E-state index in [2.05, 4.69) is 0 Å². The zero-order valence-electron chi connectivity index (χ0n) is 12.2. The lowest BCUT2D eigenvalue weighted by Crippen LogP contribution is -2.39. The molecular formula is C17H15N3O3. The molecule has 0 saturated carbocycles. The molecule has 0 spiro atoms. The van der Waals surface area contributed by atoms with Crippen LogP contribution in [0.25, 0.3) is 0 Å². The first-order chi connectivity index (χ1) is 11.0. The molecule has 3 amide bonds. The largest absolute Gasteiger partial charge is 0.368 e. The number of carbonyl (C=O) groups excluding carboxylic acids is 3. The molecule has 0 unspecified atom stereocenters. The van der Waals surface area contributed by atoms with Crippen LogP contribution in [-0.2, 0) is 11.2 Å². The maximum atomic E-state index is 12.6. The molecule has 1 heterocycles. The topological polar surface area (TPSA) is 106 Å². The Balaban J connectivity index is 2.02. The van der Waals surface area contributed by atoms with E-state index in [4.69, 9.17) is 11.5 Å². The van der Waals surface area contributed by atoms with Gasteiger partial charge in [-0.3, -0.25) is 14.4 Å². The van der Waals surface area contributed by atoms with Gasteiger partial charge in [-0.15, -0.1) is 0 Å². The highest BCUT2D eigenvalue weighted by atomic mass is 16.2. The molecule has 3 rings (SSSR count). The van der Waals surface area contributed by atoms with Gasteiger partial charge in [-0.05, 0) is 30.2 Å². The Labute approximate surface area is 132 Å². The number of imide groups is 1. The molecule has 0 fully saturated rings. The number of benzene rings is 2. The molecule has 1 aliphatic rings. The predicted octanol–water partition coefficient (Wildman–Crippen LogP) is 0.842. The average molecular weight is 309 g/mol. The van der Waals surface area contributed by atoms with E-state index < -0.39 is 11.9 Å². The Hall–Kier alpha value is -2.99. The first kappa shape index (κ1) is 14.9. The third-order valence-corrected chi connectivity index (χ3v) is 3.83. The third-order valence-electron chi connectivity index (χ3n) is 3.83. The van der Waals surface area contributed by atoms with Crippen LogP contribution in [0.5, 0.6) is 0 Å². The monoisotopic (exact) mass is 309 g/mol. The normalized spacial score (nSPS) is 14.7.